The molecule has 0 amide bonds. The van der Waals surface area contributed by atoms with Crippen LogP contribution in [0.4, 0.5) is 11.6 Å². The minimum absolute atomic E-state index is 0.260. The first kappa shape index (κ1) is 14.1. The van der Waals surface area contributed by atoms with Crippen LogP contribution in [0.3, 0.4) is 0 Å². The lowest BCUT2D eigenvalue weighted by Gasteiger charge is -2.44. The van der Waals surface area contributed by atoms with Gasteiger partial charge in [-0.3, -0.25) is 4.79 Å². The van der Waals surface area contributed by atoms with Crippen molar-refractivity contribution in [3.05, 3.63) is 12.4 Å². The summed E-state index contributed by atoms with van der Waals surface area (Å²) >= 11 is 0. The molecule has 4 N–H and O–H groups in total. The van der Waals surface area contributed by atoms with Crippen LogP contribution in [-0.2, 0) is 4.79 Å². The summed E-state index contributed by atoms with van der Waals surface area (Å²) in [6, 6.07) is 1.64. The molecule has 1 aromatic heterocycles. The molecule has 0 unspecified atom stereocenters. The second kappa shape index (κ2) is 5.14. The lowest BCUT2D eigenvalue weighted by Crippen LogP contribution is -2.56. The summed E-state index contributed by atoms with van der Waals surface area (Å²) in [7, 11) is 0. The normalized spacial score (nSPS) is 29.4. The van der Waals surface area contributed by atoms with E-state index in [1.807, 2.05) is 4.90 Å². The molecule has 114 valence electrons. The lowest BCUT2D eigenvalue weighted by molar-refractivity contribution is -0.158. The van der Waals surface area contributed by atoms with Gasteiger partial charge in [0, 0.05) is 19.2 Å². The van der Waals surface area contributed by atoms with E-state index in [1.54, 1.807) is 6.07 Å². The molecular weight excluding hydrogens is 272 g/mol. The molecule has 2 fully saturated rings. The van der Waals surface area contributed by atoms with Crippen molar-refractivity contribution < 1.29 is 15.0 Å². The zero-order valence-corrected chi connectivity index (χ0v) is 11.8. The van der Waals surface area contributed by atoms with Crippen molar-refractivity contribution in [3.8, 4) is 0 Å². The van der Waals surface area contributed by atoms with Crippen LogP contribution in [0.2, 0.25) is 0 Å². The van der Waals surface area contributed by atoms with Gasteiger partial charge in [0.2, 0.25) is 0 Å². The monoisotopic (exact) mass is 292 g/mol. The molecular formula is C14H20N4O3. The van der Waals surface area contributed by atoms with E-state index in [0.29, 0.717) is 36.9 Å². The molecule has 2 aliphatic rings. The van der Waals surface area contributed by atoms with Crippen molar-refractivity contribution in [2.75, 3.05) is 23.7 Å². The maximum absolute atomic E-state index is 11.8. The Balaban J connectivity index is 1.87. The van der Waals surface area contributed by atoms with Crippen molar-refractivity contribution >= 4 is 17.6 Å². The molecule has 1 aromatic rings. The van der Waals surface area contributed by atoms with Crippen LogP contribution in [0, 0.1) is 11.3 Å². The predicted octanol–water partition coefficient (Wildman–Crippen LogP) is 0.501. The SMILES string of the molecule is Nc1cc(N2CC[C@@H](O)[C@](CC3CC3)(C(=O)O)C2)ncn1. The number of aliphatic carboxylic acids is 1. The first-order valence-corrected chi connectivity index (χ1v) is 7.25. The molecule has 3 rings (SSSR count). The van der Waals surface area contributed by atoms with Crippen molar-refractivity contribution in [1.29, 1.82) is 0 Å². The van der Waals surface area contributed by atoms with Crippen LogP contribution >= 0.6 is 0 Å². The number of aliphatic hydroxyl groups is 1. The third-order valence-electron chi connectivity index (χ3n) is 4.56. The molecule has 0 radical (unpaired) electrons. The van der Waals surface area contributed by atoms with Gasteiger partial charge in [-0.1, -0.05) is 12.8 Å². The van der Waals surface area contributed by atoms with Crippen molar-refractivity contribution in [2.45, 2.75) is 31.8 Å². The Morgan fingerprint density at radius 1 is 1.43 bits per heavy atom. The molecule has 2 heterocycles. The average Bonchev–Trinajstić information content (AvgIpc) is 3.25. The number of carboxylic acid groups (broad SMARTS) is 1. The van der Waals surface area contributed by atoms with Crippen LogP contribution in [-0.4, -0.2) is 45.3 Å². The van der Waals surface area contributed by atoms with Gasteiger partial charge in [0.15, 0.2) is 0 Å². The minimum Gasteiger partial charge on any atom is -0.481 e. The van der Waals surface area contributed by atoms with E-state index in [4.69, 9.17) is 5.73 Å². The summed E-state index contributed by atoms with van der Waals surface area (Å²) < 4.78 is 0. The first-order chi connectivity index (χ1) is 10.0. The molecule has 1 aliphatic carbocycles. The highest BCUT2D eigenvalue weighted by atomic mass is 16.4. The van der Waals surface area contributed by atoms with Gasteiger partial charge in [-0.15, -0.1) is 0 Å². The van der Waals surface area contributed by atoms with Crippen molar-refractivity contribution in [3.63, 3.8) is 0 Å². The van der Waals surface area contributed by atoms with Gasteiger partial charge in [0.05, 0.1) is 6.10 Å². The fourth-order valence-corrected chi connectivity index (χ4v) is 3.14. The van der Waals surface area contributed by atoms with Crippen molar-refractivity contribution in [1.82, 2.24) is 9.97 Å². The van der Waals surface area contributed by atoms with E-state index in [0.717, 1.165) is 12.8 Å². The number of nitrogens with two attached hydrogens (primary N) is 1. The maximum atomic E-state index is 11.8. The number of carboxylic acids is 1. The number of nitrogen functional groups attached to an aromatic ring is 1. The largest absolute Gasteiger partial charge is 0.481 e. The molecule has 0 spiro atoms. The zero-order chi connectivity index (χ0) is 15.0. The second-order valence-electron chi connectivity index (χ2n) is 6.14. The standard InChI is InChI=1S/C14H20N4O3/c15-11-5-12(17-8-16-11)18-4-3-10(19)14(7-18,13(20)21)6-9-1-2-9/h5,8-10,19H,1-4,6-7H2,(H,20,21)(H2,15,16,17)/t10-,14-/m1/s1. The van der Waals surface area contributed by atoms with Gasteiger partial charge in [-0.05, 0) is 18.8 Å². The molecule has 1 aliphatic heterocycles. The summed E-state index contributed by atoms with van der Waals surface area (Å²) in [4.78, 5) is 21.8. The van der Waals surface area contributed by atoms with Gasteiger partial charge in [-0.2, -0.15) is 0 Å². The molecule has 7 heteroatoms. The van der Waals surface area contributed by atoms with Crippen LogP contribution in [0.5, 0.6) is 0 Å². The maximum Gasteiger partial charge on any atom is 0.314 e. The second-order valence-corrected chi connectivity index (χ2v) is 6.14. The Hall–Kier alpha value is -1.89. The summed E-state index contributed by atoms with van der Waals surface area (Å²) in [6.45, 7) is 0.827. The Bertz CT molecular complexity index is 549. The Kier molecular flexibility index (Phi) is 3.44. The van der Waals surface area contributed by atoms with E-state index in [2.05, 4.69) is 9.97 Å². The third kappa shape index (κ3) is 2.65. The molecule has 0 aromatic carbocycles. The van der Waals surface area contributed by atoms with E-state index in [9.17, 15) is 15.0 Å². The molecule has 21 heavy (non-hydrogen) atoms. The number of rotatable bonds is 4. The molecule has 1 saturated heterocycles. The summed E-state index contributed by atoms with van der Waals surface area (Å²) in [5.74, 6) is 0.477. The molecule has 7 nitrogen and oxygen atoms in total. The predicted molar refractivity (Wildman–Crippen MR) is 76.7 cm³/mol. The van der Waals surface area contributed by atoms with E-state index >= 15 is 0 Å². The van der Waals surface area contributed by atoms with Gasteiger partial charge >= 0.3 is 5.97 Å². The van der Waals surface area contributed by atoms with Crippen molar-refractivity contribution in [2.24, 2.45) is 11.3 Å². The first-order valence-electron chi connectivity index (χ1n) is 7.25. The topological polar surface area (TPSA) is 113 Å². The highest BCUT2D eigenvalue weighted by Gasteiger charge is 2.51. The summed E-state index contributed by atoms with van der Waals surface area (Å²) in [5.41, 5.74) is 4.56. The van der Waals surface area contributed by atoms with E-state index in [1.165, 1.54) is 6.33 Å². The van der Waals surface area contributed by atoms with Gasteiger partial charge < -0.3 is 20.8 Å². The van der Waals surface area contributed by atoms with Gasteiger partial charge in [-0.25, -0.2) is 9.97 Å². The number of aliphatic hydroxyl groups excluding tert-OH is 1. The molecule has 0 bridgehead atoms. The molecule has 2 atom stereocenters. The zero-order valence-electron chi connectivity index (χ0n) is 11.8. The fraction of sp³-hybridized carbons (Fsp3) is 0.643. The highest BCUT2D eigenvalue weighted by Crippen LogP contribution is 2.45. The quantitative estimate of drug-likeness (QED) is 0.740. The third-order valence-corrected chi connectivity index (χ3v) is 4.56. The lowest BCUT2D eigenvalue weighted by atomic mass is 9.73. The highest BCUT2D eigenvalue weighted by molar-refractivity contribution is 5.77. The number of anilines is 2. The smallest absolute Gasteiger partial charge is 0.314 e. The average molecular weight is 292 g/mol. The number of hydrogen-bond donors (Lipinski definition) is 3. The Morgan fingerprint density at radius 3 is 2.81 bits per heavy atom. The Morgan fingerprint density at radius 2 is 2.19 bits per heavy atom. The van der Waals surface area contributed by atoms with E-state index < -0.39 is 17.5 Å². The fourth-order valence-electron chi connectivity index (χ4n) is 3.14. The van der Waals surface area contributed by atoms with Crippen LogP contribution in [0.15, 0.2) is 12.4 Å². The van der Waals surface area contributed by atoms with Crippen LogP contribution in [0.25, 0.3) is 0 Å². The summed E-state index contributed by atoms with van der Waals surface area (Å²) in [6.07, 6.45) is 3.62. The number of nitrogens with zero attached hydrogens (tertiary/aromatic N) is 3. The Labute approximate surface area is 122 Å². The van der Waals surface area contributed by atoms with Gasteiger partial charge in [0.25, 0.3) is 0 Å². The van der Waals surface area contributed by atoms with Crippen LogP contribution < -0.4 is 10.6 Å². The number of aromatic nitrogens is 2. The summed E-state index contributed by atoms with van der Waals surface area (Å²) in [5, 5.41) is 20.0. The minimum atomic E-state index is -1.11. The number of carbonyl (C=O) groups is 1. The van der Waals surface area contributed by atoms with Crippen LogP contribution in [0.1, 0.15) is 25.7 Å². The number of hydrogen-bond acceptors (Lipinski definition) is 6. The molecule has 1 saturated carbocycles. The van der Waals surface area contributed by atoms with E-state index in [-0.39, 0.29) is 6.54 Å². The van der Waals surface area contributed by atoms with Gasteiger partial charge in [0.1, 0.15) is 23.4 Å². The number of piperidine rings is 1.